The van der Waals surface area contributed by atoms with Crippen LogP contribution in [0, 0.1) is 11.8 Å². The van der Waals surface area contributed by atoms with Gasteiger partial charge in [0.05, 0.1) is 0 Å². The first-order valence-corrected chi connectivity index (χ1v) is 12.1. The third kappa shape index (κ3) is 3.36. The van der Waals surface area contributed by atoms with E-state index in [1.165, 1.54) is 44.1 Å². The zero-order valence-electron chi connectivity index (χ0n) is 18.2. The molecule has 0 aromatic heterocycles. The molecule has 4 bridgehead atoms. The van der Waals surface area contributed by atoms with E-state index in [0.717, 1.165) is 17.5 Å². The minimum atomic E-state index is -0.104. The Morgan fingerprint density at radius 1 is 0.750 bits per heavy atom. The fourth-order valence-corrected chi connectivity index (χ4v) is 7.57. The lowest BCUT2D eigenvalue weighted by atomic mass is 9.42. The molecule has 0 heterocycles. The van der Waals surface area contributed by atoms with Crippen molar-refractivity contribution in [1.82, 2.24) is 0 Å². The van der Waals surface area contributed by atoms with Crippen LogP contribution < -0.4 is 5.32 Å². The molecular formula is C29H28ClNO. The minimum absolute atomic E-state index is 0.104. The number of carbonyl (C=O) groups excluding carboxylic acids is 1. The van der Waals surface area contributed by atoms with E-state index in [4.69, 9.17) is 11.6 Å². The summed E-state index contributed by atoms with van der Waals surface area (Å²) in [6, 6.07) is 27.0. The summed E-state index contributed by atoms with van der Waals surface area (Å²) >= 11 is 5.94. The van der Waals surface area contributed by atoms with Gasteiger partial charge in [0.2, 0.25) is 0 Å². The van der Waals surface area contributed by atoms with Crippen LogP contribution in [0.3, 0.4) is 0 Å². The highest BCUT2D eigenvalue weighted by atomic mass is 35.5. The molecule has 32 heavy (non-hydrogen) atoms. The zero-order chi connectivity index (χ0) is 21.8. The summed E-state index contributed by atoms with van der Waals surface area (Å²) in [6.07, 6.45) is 8.00. The number of halogens is 1. The second kappa shape index (κ2) is 7.49. The maximum atomic E-state index is 12.6. The number of hydrogen-bond acceptors (Lipinski definition) is 1. The number of carbonyl (C=O) groups is 1. The van der Waals surface area contributed by atoms with Crippen LogP contribution in [0.15, 0.2) is 78.9 Å². The third-order valence-electron chi connectivity index (χ3n) is 8.31. The van der Waals surface area contributed by atoms with Gasteiger partial charge in [0.15, 0.2) is 0 Å². The van der Waals surface area contributed by atoms with Crippen LogP contribution >= 0.6 is 11.6 Å². The van der Waals surface area contributed by atoms with E-state index in [1.807, 2.05) is 0 Å². The van der Waals surface area contributed by atoms with Crippen molar-refractivity contribution in [2.75, 3.05) is 5.32 Å². The highest BCUT2D eigenvalue weighted by Gasteiger charge is 2.58. The Bertz CT molecular complexity index is 1120. The summed E-state index contributed by atoms with van der Waals surface area (Å²) in [7, 11) is 0. The van der Waals surface area contributed by atoms with Crippen LogP contribution in [0.5, 0.6) is 0 Å². The first-order valence-electron chi connectivity index (χ1n) is 11.8. The molecule has 3 aromatic carbocycles. The summed E-state index contributed by atoms with van der Waals surface area (Å²) in [6.45, 7) is 0. The van der Waals surface area contributed by atoms with Crippen molar-refractivity contribution in [3.63, 3.8) is 0 Å². The molecule has 1 amide bonds. The van der Waals surface area contributed by atoms with Gasteiger partial charge >= 0.3 is 0 Å². The molecule has 3 heteroatoms. The first-order chi connectivity index (χ1) is 15.5. The number of benzene rings is 3. The first kappa shape index (κ1) is 20.1. The Hall–Kier alpha value is -2.58. The number of hydrogen-bond donors (Lipinski definition) is 1. The lowest BCUT2D eigenvalue weighted by molar-refractivity contribution is -0.0281. The molecule has 3 aromatic rings. The largest absolute Gasteiger partial charge is 0.322 e. The molecule has 4 fully saturated rings. The summed E-state index contributed by atoms with van der Waals surface area (Å²) in [4.78, 5) is 12.6. The Morgan fingerprint density at radius 3 is 1.91 bits per heavy atom. The molecule has 1 N–H and O–H groups in total. The van der Waals surface area contributed by atoms with Gasteiger partial charge in [0.1, 0.15) is 0 Å². The van der Waals surface area contributed by atoms with Crippen molar-refractivity contribution < 1.29 is 4.79 Å². The molecule has 0 spiro atoms. The van der Waals surface area contributed by atoms with Crippen molar-refractivity contribution >= 4 is 23.2 Å². The highest BCUT2D eigenvalue weighted by molar-refractivity contribution is 6.30. The van der Waals surface area contributed by atoms with E-state index in [1.54, 1.807) is 29.8 Å². The average molecular weight is 442 g/mol. The van der Waals surface area contributed by atoms with Crippen molar-refractivity contribution in [2.45, 2.75) is 49.4 Å². The van der Waals surface area contributed by atoms with Crippen molar-refractivity contribution in [1.29, 1.82) is 0 Å². The number of anilines is 1. The average Bonchev–Trinajstić information content (AvgIpc) is 2.80. The third-order valence-corrected chi connectivity index (χ3v) is 8.56. The number of rotatable bonds is 4. The van der Waals surface area contributed by atoms with Gasteiger partial charge in [-0.05, 0) is 109 Å². The summed E-state index contributed by atoms with van der Waals surface area (Å²) in [5, 5.41) is 3.66. The molecule has 4 aliphatic carbocycles. The van der Waals surface area contributed by atoms with Crippen molar-refractivity contribution in [2.24, 2.45) is 11.8 Å². The van der Waals surface area contributed by atoms with E-state index >= 15 is 0 Å². The van der Waals surface area contributed by atoms with Crippen LogP contribution in [0.2, 0.25) is 5.02 Å². The molecule has 0 radical (unpaired) electrons. The van der Waals surface area contributed by atoms with Crippen molar-refractivity contribution in [3.8, 4) is 0 Å². The number of nitrogens with one attached hydrogen (secondary N) is 1. The quantitative estimate of drug-likeness (QED) is 0.449. The molecule has 2 nitrogen and oxygen atoms in total. The van der Waals surface area contributed by atoms with E-state index in [0.29, 0.717) is 16.0 Å². The zero-order valence-corrected chi connectivity index (χ0v) is 18.9. The minimum Gasteiger partial charge on any atom is -0.322 e. The van der Waals surface area contributed by atoms with Gasteiger partial charge in [-0.3, -0.25) is 4.79 Å². The Labute approximate surface area is 195 Å². The lowest BCUT2D eigenvalue weighted by Crippen LogP contribution is -2.55. The van der Waals surface area contributed by atoms with Crippen molar-refractivity contribution in [3.05, 3.63) is 101 Å². The fraction of sp³-hybridized carbons (Fsp3) is 0.345. The van der Waals surface area contributed by atoms with Gasteiger partial charge in [-0.25, -0.2) is 0 Å². The van der Waals surface area contributed by atoms with E-state index in [-0.39, 0.29) is 11.3 Å². The summed E-state index contributed by atoms with van der Waals surface area (Å²) in [5.41, 5.74) is 5.08. The predicted molar refractivity (Wildman–Crippen MR) is 130 cm³/mol. The van der Waals surface area contributed by atoms with Crippen LogP contribution in [0.25, 0.3) is 0 Å². The lowest BCUT2D eigenvalue weighted by Gasteiger charge is -2.62. The summed E-state index contributed by atoms with van der Waals surface area (Å²) < 4.78 is 0. The molecule has 4 aliphatic rings. The van der Waals surface area contributed by atoms with Crippen LogP contribution in [-0.4, -0.2) is 5.91 Å². The highest BCUT2D eigenvalue weighted by Crippen LogP contribution is 2.66. The normalized spacial score (nSPS) is 30.3. The van der Waals surface area contributed by atoms with Gasteiger partial charge in [-0.15, -0.1) is 0 Å². The smallest absolute Gasteiger partial charge is 0.255 e. The SMILES string of the molecule is O=C(Nc1ccc(C23C[C@H]4C[C@@H](CC(c5ccccc5)(C4)C2)C3)cc1)c1ccc(Cl)cc1. The van der Waals surface area contributed by atoms with E-state index in [2.05, 4.69) is 59.9 Å². The van der Waals surface area contributed by atoms with Gasteiger partial charge in [-0.2, -0.15) is 0 Å². The Balaban J connectivity index is 1.26. The molecule has 4 saturated carbocycles. The molecule has 0 saturated heterocycles. The van der Waals surface area contributed by atoms with Gasteiger partial charge in [-0.1, -0.05) is 54.1 Å². The fourth-order valence-electron chi connectivity index (χ4n) is 7.44. The van der Waals surface area contributed by atoms with Crippen LogP contribution in [0.1, 0.15) is 60.0 Å². The van der Waals surface area contributed by atoms with Gasteiger partial charge in [0.25, 0.3) is 5.91 Å². The summed E-state index contributed by atoms with van der Waals surface area (Å²) in [5.74, 6) is 1.56. The standard InChI is InChI=1S/C29H28ClNO/c30-25-10-6-22(7-11-25)27(32)31-26-12-8-24(9-13-26)29-17-20-14-21(18-29)16-28(15-20,19-29)23-4-2-1-3-5-23/h1-13,20-21H,14-19H2,(H,31,32)/t20-,21-,28?,29?/m0/s1. The van der Waals surface area contributed by atoms with E-state index < -0.39 is 0 Å². The maximum absolute atomic E-state index is 12.6. The Morgan fingerprint density at radius 2 is 1.31 bits per heavy atom. The van der Waals surface area contributed by atoms with Crippen LogP contribution in [-0.2, 0) is 10.8 Å². The molecule has 7 rings (SSSR count). The second-order valence-corrected chi connectivity index (χ2v) is 10.9. The maximum Gasteiger partial charge on any atom is 0.255 e. The Kier molecular flexibility index (Phi) is 4.69. The molecular weight excluding hydrogens is 414 g/mol. The van der Waals surface area contributed by atoms with E-state index in [9.17, 15) is 4.79 Å². The molecule has 0 aliphatic heterocycles. The van der Waals surface area contributed by atoms with Gasteiger partial charge in [0, 0.05) is 16.3 Å². The topological polar surface area (TPSA) is 29.1 Å². The number of amides is 1. The predicted octanol–water partition coefficient (Wildman–Crippen LogP) is 7.38. The van der Waals surface area contributed by atoms with Crippen LogP contribution in [0.4, 0.5) is 5.69 Å². The molecule has 0 unspecified atom stereocenters. The second-order valence-electron chi connectivity index (χ2n) is 10.4. The van der Waals surface area contributed by atoms with Gasteiger partial charge < -0.3 is 5.32 Å². The monoisotopic (exact) mass is 441 g/mol. The molecule has 162 valence electrons. The molecule has 2 atom stereocenters.